The number of hydrogen-bond donors (Lipinski definition) is 1. The molecule has 0 bridgehead atoms. The molecule has 0 unspecified atom stereocenters. The fourth-order valence-electron chi connectivity index (χ4n) is 2.06. The third-order valence-corrected chi connectivity index (χ3v) is 5.42. The van der Waals surface area contributed by atoms with E-state index in [1.54, 1.807) is 0 Å². The van der Waals surface area contributed by atoms with Crippen LogP contribution in [0.15, 0.2) is 18.2 Å². The Morgan fingerprint density at radius 2 is 1.85 bits per heavy atom. The predicted octanol–water partition coefficient (Wildman–Crippen LogP) is 3.20. The molecule has 1 N–H and O–H groups in total. The average molecular weight is 410 g/mol. The number of nitrogens with zero attached hydrogens (tertiary/aromatic N) is 1. The van der Waals surface area contributed by atoms with E-state index >= 15 is 0 Å². The van der Waals surface area contributed by atoms with Gasteiger partial charge in [-0.1, -0.05) is 0 Å². The van der Waals surface area contributed by atoms with Crippen LogP contribution in [-0.4, -0.2) is 32.7 Å². The van der Waals surface area contributed by atoms with E-state index < -0.39 is 55.5 Å². The standard InChI is InChI=1S/C16H21F3N2O5S/c1-6-26-13(22)16(18,19)15(5,20-27(25)14(2,3)4)11-9-10(21(23)24)7-8-12(11)17/h7-9,20H,6H2,1-5H3/t15-,27-/m1/s1. The van der Waals surface area contributed by atoms with Gasteiger partial charge in [-0.3, -0.25) is 10.1 Å². The molecule has 1 rings (SSSR count). The molecule has 0 spiro atoms. The number of nitro groups is 1. The summed E-state index contributed by atoms with van der Waals surface area (Å²) in [6.07, 6.45) is 0. The summed E-state index contributed by atoms with van der Waals surface area (Å²) in [5.74, 6) is -7.60. The van der Waals surface area contributed by atoms with Crippen LogP contribution >= 0.6 is 0 Å². The number of ether oxygens (including phenoxy) is 1. The van der Waals surface area contributed by atoms with Crippen molar-refractivity contribution in [1.82, 2.24) is 4.72 Å². The minimum atomic E-state index is -4.39. The van der Waals surface area contributed by atoms with Crippen molar-refractivity contribution < 1.29 is 32.2 Å². The van der Waals surface area contributed by atoms with Gasteiger partial charge in [0.15, 0.2) is 5.54 Å². The normalized spacial score (nSPS) is 15.7. The molecule has 152 valence electrons. The van der Waals surface area contributed by atoms with Crippen molar-refractivity contribution in [1.29, 1.82) is 0 Å². The summed E-state index contributed by atoms with van der Waals surface area (Å²) in [4.78, 5) is 22.0. The highest BCUT2D eigenvalue weighted by atomic mass is 32.2. The van der Waals surface area contributed by atoms with Gasteiger partial charge in [0, 0.05) is 29.1 Å². The lowest BCUT2D eigenvalue weighted by Crippen LogP contribution is -2.62. The maximum atomic E-state index is 15.0. The molecule has 2 atom stereocenters. The Balaban J connectivity index is 3.67. The molecule has 0 radical (unpaired) electrons. The average Bonchev–Trinajstić information content (AvgIpc) is 2.53. The molecular formula is C16H21F3N2O5S. The van der Waals surface area contributed by atoms with Crippen LogP contribution in [0.1, 0.15) is 40.2 Å². The molecule has 1 aromatic rings. The number of non-ortho nitro benzene ring substituents is 1. The molecule has 0 aromatic heterocycles. The van der Waals surface area contributed by atoms with Gasteiger partial charge < -0.3 is 9.29 Å². The monoisotopic (exact) mass is 410 g/mol. The number of rotatable bonds is 7. The number of esters is 1. The van der Waals surface area contributed by atoms with Crippen LogP contribution in [0.3, 0.4) is 0 Å². The second kappa shape index (κ2) is 8.03. The van der Waals surface area contributed by atoms with Crippen molar-refractivity contribution in [3.8, 4) is 0 Å². The molecule has 0 saturated heterocycles. The van der Waals surface area contributed by atoms with Crippen molar-refractivity contribution in [2.75, 3.05) is 6.61 Å². The second-order valence-electron chi connectivity index (χ2n) is 6.82. The zero-order chi connectivity index (χ0) is 21.2. The number of alkyl halides is 2. The molecule has 0 aliphatic rings. The van der Waals surface area contributed by atoms with E-state index in [9.17, 15) is 32.6 Å². The molecule has 0 fully saturated rings. The van der Waals surface area contributed by atoms with Crippen LogP contribution in [0.2, 0.25) is 0 Å². The van der Waals surface area contributed by atoms with Gasteiger partial charge >= 0.3 is 11.9 Å². The lowest BCUT2D eigenvalue weighted by atomic mass is 9.85. The largest absolute Gasteiger partial charge is 0.598 e. The molecule has 0 heterocycles. The van der Waals surface area contributed by atoms with Crippen molar-refractivity contribution >= 4 is 23.0 Å². The molecule has 0 saturated carbocycles. The number of halogens is 3. The molecular weight excluding hydrogens is 389 g/mol. The van der Waals surface area contributed by atoms with Crippen LogP contribution in [0.5, 0.6) is 0 Å². The highest BCUT2D eigenvalue weighted by Gasteiger charge is 2.62. The first-order chi connectivity index (χ1) is 12.2. The summed E-state index contributed by atoms with van der Waals surface area (Å²) in [5.41, 5.74) is -4.43. The predicted molar refractivity (Wildman–Crippen MR) is 93.0 cm³/mol. The number of benzene rings is 1. The zero-order valence-electron chi connectivity index (χ0n) is 15.5. The quantitative estimate of drug-likeness (QED) is 0.320. The Bertz CT molecular complexity index is 726. The zero-order valence-corrected chi connectivity index (χ0v) is 16.3. The first-order valence-electron chi connectivity index (χ1n) is 7.87. The van der Waals surface area contributed by atoms with Crippen LogP contribution in [-0.2, 0) is 26.4 Å². The highest BCUT2D eigenvalue weighted by molar-refractivity contribution is 7.90. The van der Waals surface area contributed by atoms with Crippen molar-refractivity contribution in [3.63, 3.8) is 0 Å². The van der Waals surface area contributed by atoms with E-state index in [1.807, 2.05) is 0 Å². The Kier molecular flexibility index (Phi) is 6.90. The number of nitrogens with one attached hydrogen (secondary N) is 1. The highest BCUT2D eigenvalue weighted by Crippen LogP contribution is 2.42. The van der Waals surface area contributed by atoms with Gasteiger partial charge in [-0.05, 0) is 40.7 Å². The van der Waals surface area contributed by atoms with Crippen LogP contribution in [0, 0.1) is 15.9 Å². The van der Waals surface area contributed by atoms with Crippen molar-refractivity contribution in [2.24, 2.45) is 0 Å². The topological polar surface area (TPSA) is 105 Å². The summed E-state index contributed by atoms with van der Waals surface area (Å²) in [6.45, 7) is 6.11. The number of carbonyl (C=O) groups is 1. The molecule has 7 nitrogen and oxygen atoms in total. The SMILES string of the molecule is CCOC(=O)C(F)(F)[C@](C)(N[S@+]([O-])C(C)(C)C)c1cc([N+](=O)[O-])ccc1F. The van der Waals surface area contributed by atoms with Gasteiger partial charge in [-0.15, -0.1) is 4.72 Å². The van der Waals surface area contributed by atoms with Gasteiger partial charge in [0.1, 0.15) is 10.6 Å². The number of nitro benzene ring substituents is 1. The van der Waals surface area contributed by atoms with Gasteiger partial charge in [0.05, 0.1) is 11.5 Å². The minimum absolute atomic E-state index is 0.371. The van der Waals surface area contributed by atoms with Crippen LogP contribution in [0.25, 0.3) is 0 Å². The summed E-state index contributed by atoms with van der Waals surface area (Å²) in [5, 5.41) is 11.0. The van der Waals surface area contributed by atoms with Crippen LogP contribution < -0.4 is 4.72 Å². The lowest BCUT2D eigenvalue weighted by Gasteiger charge is -2.38. The molecule has 1 aromatic carbocycles. The van der Waals surface area contributed by atoms with Crippen molar-refractivity contribution in [2.45, 2.75) is 50.8 Å². The third kappa shape index (κ3) is 4.71. The first kappa shape index (κ1) is 23.2. The minimum Gasteiger partial charge on any atom is -0.598 e. The molecule has 27 heavy (non-hydrogen) atoms. The molecule has 0 aliphatic heterocycles. The third-order valence-electron chi connectivity index (χ3n) is 3.71. The number of hydrogen-bond acceptors (Lipinski definition) is 6. The second-order valence-corrected chi connectivity index (χ2v) is 8.79. The fourth-order valence-corrected chi connectivity index (χ4v) is 2.98. The fraction of sp³-hybridized carbons (Fsp3) is 0.562. The van der Waals surface area contributed by atoms with Crippen molar-refractivity contribution in [3.05, 3.63) is 39.7 Å². The Hall–Kier alpha value is -1.85. The van der Waals surface area contributed by atoms with Gasteiger partial charge in [-0.2, -0.15) is 8.78 Å². The van der Waals surface area contributed by atoms with Gasteiger partial charge in [0.2, 0.25) is 0 Å². The van der Waals surface area contributed by atoms with E-state index in [0.29, 0.717) is 12.1 Å². The maximum absolute atomic E-state index is 15.0. The number of carbonyl (C=O) groups excluding carboxylic acids is 1. The first-order valence-corrected chi connectivity index (χ1v) is 9.02. The van der Waals surface area contributed by atoms with Gasteiger partial charge in [0.25, 0.3) is 5.69 Å². The summed E-state index contributed by atoms with van der Waals surface area (Å²) in [7, 11) is 0. The van der Waals surface area contributed by atoms with Crippen LogP contribution in [0.4, 0.5) is 18.9 Å². The summed E-state index contributed by atoms with van der Waals surface area (Å²) >= 11 is -2.17. The van der Waals surface area contributed by atoms with E-state index in [1.165, 1.54) is 27.7 Å². The Labute approximate surface area is 157 Å². The van der Waals surface area contributed by atoms with Gasteiger partial charge in [-0.25, -0.2) is 9.18 Å². The smallest absolute Gasteiger partial charge is 0.379 e. The molecule has 0 aliphatic carbocycles. The van der Waals surface area contributed by atoms with E-state index in [0.717, 1.165) is 13.0 Å². The van der Waals surface area contributed by atoms with E-state index in [4.69, 9.17) is 0 Å². The Morgan fingerprint density at radius 1 is 1.30 bits per heavy atom. The summed E-state index contributed by atoms with van der Waals surface area (Å²) in [6, 6.07) is 2.01. The van der Waals surface area contributed by atoms with E-state index in [2.05, 4.69) is 9.46 Å². The summed E-state index contributed by atoms with van der Waals surface area (Å²) < 4.78 is 62.3. The molecule has 11 heteroatoms. The maximum Gasteiger partial charge on any atom is 0.379 e. The molecule has 0 amide bonds. The Morgan fingerprint density at radius 3 is 2.30 bits per heavy atom. The van der Waals surface area contributed by atoms with E-state index in [-0.39, 0.29) is 6.61 Å². The lowest BCUT2D eigenvalue weighted by molar-refractivity contribution is -0.385.